The van der Waals surface area contributed by atoms with E-state index in [1.807, 2.05) is 20.9 Å². The number of nitrogen functional groups attached to an aromatic ring is 1. The van der Waals surface area contributed by atoms with Crippen molar-refractivity contribution in [3.63, 3.8) is 0 Å². The summed E-state index contributed by atoms with van der Waals surface area (Å²) in [7, 11) is 1.81. The van der Waals surface area contributed by atoms with Gasteiger partial charge in [-0.3, -0.25) is 9.48 Å². The van der Waals surface area contributed by atoms with Crippen LogP contribution in [0.4, 0.5) is 5.95 Å². The van der Waals surface area contributed by atoms with Gasteiger partial charge in [0.15, 0.2) is 5.78 Å². The lowest BCUT2D eigenvalue weighted by molar-refractivity contribution is -0.111. The molecule has 0 amide bonds. The lowest BCUT2D eigenvalue weighted by atomic mass is 10.0. The fourth-order valence-corrected chi connectivity index (χ4v) is 2.05. The lowest BCUT2D eigenvalue weighted by Crippen LogP contribution is -2.03. The van der Waals surface area contributed by atoms with Crippen LogP contribution < -0.4 is 5.73 Å². The zero-order valence-electron chi connectivity index (χ0n) is 12.0. The Morgan fingerprint density at radius 2 is 1.90 bits per heavy atom. The molecule has 0 saturated carbocycles. The van der Waals surface area contributed by atoms with E-state index in [9.17, 15) is 4.79 Å². The molecule has 0 aromatic carbocycles. The molecule has 0 unspecified atom stereocenters. The first-order chi connectivity index (χ1) is 9.38. The van der Waals surface area contributed by atoms with E-state index in [4.69, 9.17) is 5.73 Å². The standard InChI is InChI=1S/C14H17N5O/c1-8-12(9(2)18-14(15)17-8)5-13(10(3)20)11-6-16-19(4)7-11/h5-7H,1-4H3,(H2,15,17,18)/b13-5+. The molecule has 0 saturated heterocycles. The van der Waals surface area contributed by atoms with E-state index in [1.165, 1.54) is 6.92 Å². The Kier molecular flexibility index (Phi) is 3.65. The van der Waals surface area contributed by atoms with Crippen LogP contribution >= 0.6 is 0 Å². The summed E-state index contributed by atoms with van der Waals surface area (Å²) < 4.78 is 1.66. The van der Waals surface area contributed by atoms with Crippen LogP contribution in [0.25, 0.3) is 11.6 Å². The van der Waals surface area contributed by atoms with Gasteiger partial charge in [-0.15, -0.1) is 0 Å². The maximum atomic E-state index is 11.9. The maximum Gasteiger partial charge on any atom is 0.220 e. The van der Waals surface area contributed by atoms with Crippen molar-refractivity contribution in [2.75, 3.05) is 5.73 Å². The van der Waals surface area contributed by atoms with E-state index in [-0.39, 0.29) is 11.7 Å². The van der Waals surface area contributed by atoms with Crippen LogP contribution in [0.3, 0.4) is 0 Å². The van der Waals surface area contributed by atoms with E-state index in [0.29, 0.717) is 5.57 Å². The number of hydrogen-bond acceptors (Lipinski definition) is 5. The second kappa shape index (κ2) is 5.24. The number of nitrogens with two attached hydrogens (primary N) is 1. The van der Waals surface area contributed by atoms with Crippen LogP contribution in [0.5, 0.6) is 0 Å². The fraction of sp³-hybridized carbons (Fsp3) is 0.286. The molecule has 20 heavy (non-hydrogen) atoms. The van der Waals surface area contributed by atoms with Gasteiger partial charge in [-0.05, 0) is 26.8 Å². The Labute approximate surface area is 117 Å². The van der Waals surface area contributed by atoms with Crippen molar-refractivity contribution in [3.05, 3.63) is 34.9 Å². The normalized spacial score (nSPS) is 11.7. The van der Waals surface area contributed by atoms with Crippen LogP contribution in [0.1, 0.15) is 29.4 Å². The van der Waals surface area contributed by atoms with Crippen molar-refractivity contribution in [1.82, 2.24) is 19.7 Å². The van der Waals surface area contributed by atoms with Gasteiger partial charge in [0.25, 0.3) is 0 Å². The van der Waals surface area contributed by atoms with Gasteiger partial charge in [0.2, 0.25) is 5.95 Å². The number of Topliss-reactive ketones (excluding diaryl/α,β-unsaturated/α-hetero) is 1. The first-order valence-corrected chi connectivity index (χ1v) is 6.21. The van der Waals surface area contributed by atoms with Gasteiger partial charge in [-0.2, -0.15) is 5.10 Å². The summed E-state index contributed by atoms with van der Waals surface area (Å²) in [5.74, 6) is 0.205. The Balaban J connectivity index is 2.58. The molecule has 104 valence electrons. The molecule has 0 spiro atoms. The molecule has 2 heterocycles. The molecule has 0 atom stereocenters. The molecule has 0 aliphatic carbocycles. The van der Waals surface area contributed by atoms with Gasteiger partial charge in [0.05, 0.1) is 17.6 Å². The van der Waals surface area contributed by atoms with Gasteiger partial charge >= 0.3 is 0 Å². The quantitative estimate of drug-likeness (QED) is 0.856. The largest absolute Gasteiger partial charge is 0.368 e. The summed E-state index contributed by atoms with van der Waals surface area (Å²) in [4.78, 5) is 20.1. The zero-order valence-corrected chi connectivity index (χ0v) is 12.0. The Hall–Kier alpha value is -2.50. The first kappa shape index (κ1) is 13.9. The minimum absolute atomic E-state index is 0.0337. The topological polar surface area (TPSA) is 86.7 Å². The van der Waals surface area contributed by atoms with Gasteiger partial charge < -0.3 is 5.73 Å². The predicted octanol–water partition coefficient (Wildman–Crippen LogP) is 1.54. The lowest BCUT2D eigenvalue weighted by Gasteiger charge is -2.07. The third kappa shape index (κ3) is 2.74. The van der Waals surface area contributed by atoms with E-state index in [1.54, 1.807) is 23.2 Å². The minimum atomic E-state index is -0.0337. The first-order valence-electron chi connectivity index (χ1n) is 6.21. The van der Waals surface area contributed by atoms with Gasteiger partial charge in [-0.1, -0.05) is 0 Å². The van der Waals surface area contributed by atoms with E-state index >= 15 is 0 Å². The molecule has 2 N–H and O–H groups in total. The van der Waals surface area contributed by atoms with Crippen LogP contribution in [-0.4, -0.2) is 25.5 Å². The Morgan fingerprint density at radius 3 is 2.35 bits per heavy atom. The third-order valence-corrected chi connectivity index (χ3v) is 3.03. The van der Waals surface area contributed by atoms with E-state index in [0.717, 1.165) is 22.5 Å². The SMILES string of the molecule is CC(=O)/C(=C\c1c(C)nc(N)nc1C)c1cnn(C)c1. The molecular formula is C14H17N5O. The average molecular weight is 271 g/mol. The molecule has 0 bridgehead atoms. The van der Waals surface area contributed by atoms with Crippen LogP contribution in [-0.2, 0) is 11.8 Å². The number of aromatic nitrogens is 4. The number of carbonyl (C=O) groups excluding carboxylic acids is 1. The second-order valence-electron chi connectivity index (χ2n) is 4.68. The van der Waals surface area contributed by atoms with Crippen molar-refractivity contribution in [1.29, 1.82) is 0 Å². The summed E-state index contributed by atoms with van der Waals surface area (Å²) in [5, 5.41) is 4.09. The summed E-state index contributed by atoms with van der Waals surface area (Å²) in [6.45, 7) is 5.22. The summed E-state index contributed by atoms with van der Waals surface area (Å²) in [5.41, 5.74) is 9.27. The molecule has 0 radical (unpaired) electrons. The second-order valence-corrected chi connectivity index (χ2v) is 4.68. The molecule has 6 heteroatoms. The molecule has 6 nitrogen and oxygen atoms in total. The van der Waals surface area contributed by atoms with Gasteiger partial charge in [-0.25, -0.2) is 9.97 Å². The minimum Gasteiger partial charge on any atom is -0.368 e. The number of hydrogen-bond donors (Lipinski definition) is 1. The predicted molar refractivity (Wildman–Crippen MR) is 77.7 cm³/mol. The number of carbonyl (C=O) groups is 1. The van der Waals surface area contributed by atoms with E-state index in [2.05, 4.69) is 15.1 Å². The highest BCUT2D eigenvalue weighted by atomic mass is 16.1. The fourth-order valence-electron chi connectivity index (χ4n) is 2.05. The molecular weight excluding hydrogens is 254 g/mol. The number of allylic oxidation sites excluding steroid dienone is 1. The Morgan fingerprint density at radius 1 is 1.30 bits per heavy atom. The molecule has 0 fully saturated rings. The molecule has 2 rings (SSSR count). The molecule has 0 aliphatic heterocycles. The smallest absolute Gasteiger partial charge is 0.220 e. The summed E-state index contributed by atoms with van der Waals surface area (Å²) >= 11 is 0. The van der Waals surface area contributed by atoms with Crippen molar-refractivity contribution >= 4 is 23.4 Å². The summed E-state index contributed by atoms with van der Waals surface area (Å²) in [6, 6.07) is 0. The highest BCUT2D eigenvalue weighted by molar-refractivity contribution is 6.24. The van der Waals surface area contributed by atoms with Gasteiger partial charge in [0, 0.05) is 29.9 Å². The van der Waals surface area contributed by atoms with Crippen molar-refractivity contribution in [2.24, 2.45) is 7.05 Å². The number of anilines is 1. The number of ketones is 1. The van der Waals surface area contributed by atoms with Crippen molar-refractivity contribution in [2.45, 2.75) is 20.8 Å². The monoisotopic (exact) mass is 271 g/mol. The van der Waals surface area contributed by atoms with Gasteiger partial charge in [0.1, 0.15) is 0 Å². The highest BCUT2D eigenvalue weighted by Crippen LogP contribution is 2.22. The number of nitrogens with zero attached hydrogens (tertiary/aromatic N) is 4. The van der Waals surface area contributed by atoms with E-state index < -0.39 is 0 Å². The summed E-state index contributed by atoms with van der Waals surface area (Å²) in [6.07, 6.45) is 5.26. The Bertz CT molecular complexity index is 676. The van der Waals surface area contributed by atoms with Crippen LogP contribution in [0.15, 0.2) is 12.4 Å². The molecule has 2 aromatic heterocycles. The third-order valence-electron chi connectivity index (χ3n) is 3.03. The average Bonchev–Trinajstić information content (AvgIpc) is 2.74. The van der Waals surface area contributed by atoms with Crippen molar-refractivity contribution in [3.8, 4) is 0 Å². The highest BCUT2D eigenvalue weighted by Gasteiger charge is 2.12. The van der Waals surface area contributed by atoms with Crippen LogP contribution in [0, 0.1) is 13.8 Å². The zero-order chi connectivity index (χ0) is 14.9. The molecule has 0 aliphatic rings. The number of rotatable bonds is 3. The molecule has 2 aromatic rings. The maximum absolute atomic E-state index is 11.9. The van der Waals surface area contributed by atoms with Crippen molar-refractivity contribution < 1.29 is 4.79 Å². The number of aryl methyl sites for hydroxylation is 3. The van der Waals surface area contributed by atoms with Crippen LogP contribution in [0.2, 0.25) is 0 Å².